The Morgan fingerprint density at radius 2 is 1.88 bits per heavy atom. The Morgan fingerprint density at radius 3 is 2.64 bits per heavy atom. The van der Waals surface area contributed by atoms with Crippen molar-refractivity contribution in [2.24, 2.45) is 0 Å². The first-order chi connectivity index (χ1) is 12.1. The van der Waals surface area contributed by atoms with E-state index >= 15 is 0 Å². The lowest BCUT2D eigenvalue weighted by molar-refractivity contribution is 0.0535. The molecule has 0 bridgehead atoms. The van der Waals surface area contributed by atoms with Crippen LogP contribution < -0.4 is 10.1 Å². The van der Waals surface area contributed by atoms with Gasteiger partial charge in [-0.15, -0.1) is 0 Å². The summed E-state index contributed by atoms with van der Waals surface area (Å²) >= 11 is 0. The summed E-state index contributed by atoms with van der Waals surface area (Å²) < 4.78 is 5.79. The highest BCUT2D eigenvalue weighted by Crippen LogP contribution is 2.38. The molecule has 1 heterocycles. The predicted molar refractivity (Wildman–Crippen MR) is 101 cm³/mol. The van der Waals surface area contributed by atoms with Crippen LogP contribution in [-0.2, 0) is 5.66 Å². The number of ether oxygens (including phenoxy) is 1. The highest BCUT2D eigenvalue weighted by molar-refractivity contribution is 6.02. The first kappa shape index (κ1) is 17.3. The molecule has 1 amide bonds. The zero-order chi connectivity index (χ0) is 17.9. The molecule has 1 atom stereocenters. The van der Waals surface area contributed by atoms with Gasteiger partial charge in [-0.05, 0) is 44.0 Å². The van der Waals surface area contributed by atoms with Crippen LogP contribution in [0, 0.1) is 0 Å². The third kappa shape index (κ3) is 3.21. The topological polar surface area (TPSA) is 41.6 Å². The molecule has 0 fully saturated rings. The number of amides is 1. The Balaban J connectivity index is 2.04. The zero-order valence-corrected chi connectivity index (χ0v) is 15.2. The number of rotatable bonds is 6. The molecule has 0 saturated carbocycles. The van der Waals surface area contributed by atoms with Gasteiger partial charge in [0, 0.05) is 17.8 Å². The van der Waals surface area contributed by atoms with Gasteiger partial charge >= 0.3 is 0 Å². The second-order valence-corrected chi connectivity index (χ2v) is 6.58. The molecule has 1 aliphatic heterocycles. The molecule has 2 aromatic rings. The summed E-state index contributed by atoms with van der Waals surface area (Å²) in [6.45, 7) is 7.63. The number of carbonyl (C=O) groups is 1. The van der Waals surface area contributed by atoms with Crippen LogP contribution in [0.2, 0.25) is 0 Å². The Kier molecular flexibility index (Phi) is 4.98. The average molecular weight is 338 g/mol. The molecule has 132 valence electrons. The van der Waals surface area contributed by atoms with Crippen molar-refractivity contribution in [1.29, 1.82) is 0 Å². The van der Waals surface area contributed by atoms with Crippen molar-refractivity contribution in [1.82, 2.24) is 4.90 Å². The minimum atomic E-state index is -0.604. The van der Waals surface area contributed by atoms with Crippen LogP contribution in [0.1, 0.15) is 49.5 Å². The average Bonchev–Trinajstić information content (AvgIpc) is 2.64. The van der Waals surface area contributed by atoms with Crippen LogP contribution in [0.5, 0.6) is 5.75 Å². The van der Waals surface area contributed by atoms with Crippen LogP contribution >= 0.6 is 0 Å². The standard InChI is InChI=1S/C21H26N2O2/c1-4-13-23-20(24)18-11-6-7-12-19(18)22-21(23,3)16-9-8-10-17(15-16)25-14-5-2/h6-12,15,22H,4-5,13-14H2,1-3H3. The number of para-hydroxylation sites is 1. The maximum atomic E-state index is 13.1. The number of benzene rings is 2. The van der Waals surface area contributed by atoms with Crippen LogP contribution in [0.3, 0.4) is 0 Å². The van der Waals surface area contributed by atoms with Crippen molar-refractivity contribution >= 4 is 11.6 Å². The molecule has 1 aliphatic rings. The van der Waals surface area contributed by atoms with E-state index in [-0.39, 0.29) is 5.91 Å². The second-order valence-electron chi connectivity index (χ2n) is 6.58. The molecule has 0 radical (unpaired) electrons. The summed E-state index contributed by atoms with van der Waals surface area (Å²) in [6, 6.07) is 15.7. The van der Waals surface area contributed by atoms with Crippen molar-refractivity contribution in [3.63, 3.8) is 0 Å². The van der Waals surface area contributed by atoms with Gasteiger partial charge in [0.05, 0.1) is 12.2 Å². The first-order valence-corrected chi connectivity index (χ1v) is 9.02. The SMILES string of the molecule is CCCOc1cccc(C2(C)Nc3ccccc3C(=O)N2CCC)c1. The maximum absolute atomic E-state index is 13.1. The lowest BCUT2D eigenvalue weighted by atomic mass is 9.93. The Bertz CT molecular complexity index is 759. The number of nitrogens with one attached hydrogen (secondary N) is 1. The lowest BCUT2D eigenvalue weighted by Gasteiger charge is -2.46. The van der Waals surface area contributed by atoms with Crippen LogP contribution in [0.15, 0.2) is 48.5 Å². The largest absolute Gasteiger partial charge is 0.494 e. The molecule has 4 nitrogen and oxygen atoms in total. The second kappa shape index (κ2) is 7.18. The molecule has 1 N–H and O–H groups in total. The smallest absolute Gasteiger partial charge is 0.258 e. The Hall–Kier alpha value is -2.49. The van der Waals surface area contributed by atoms with Gasteiger partial charge in [-0.3, -0.25) is 4.79 Å². The van der Waals surface area contributed by atoms with Gasteiger partial charge in [0.15, 0.2) is 0 Å². The quantitative estimate of drug-likeness (QED) is 0.835. The molecule has 0 saturated heterocycles. The summed E-state index contributed by atoms with van der Waals surface area (Å²) in [4.78, 5) is 15.0. The van der Waals surface area contributed by atoms with E-state index in [0.717, 1.165) is 35.4 Å². The zero-order valence-electron chi connectivity index (χ0n) is 15.2. The third-order valence-corrected chi connectivity index (χ3v) is 4.64. The molecule has 3 rings (SSSR count). The molecular weight excluding hydrogens is 312 g/mol. The van der Waals surface area contributed by atoms with E-state index in [0.29, 0.717) is 13.2 Å². The summed E-state index contributed by atoms with van der Waals surface area (Å²) in [7, 11) is 0. The molecule has 0 aromatic heterocycles. The Morgan fingerprint density at radius 1 is 1.08 bits per heavy atom. The minimum absolute atomic E-state index is 0.0681. The number of fused-ring (bicyclic) bond motifs is 1. The fraction of sp³-hybridized carbons (Fsp3) is 0.381. The van der Waals surface area contributed by atoms with E-state index < -0.39 is 5.66 Å². The molecule has 25 heavy (non-hydrogen) atoms. The van der Waals surface area contributed by atoms with Crippen molar-refractivity contribution in [2.45, 2.75) is 39.3 Å². The van der Waals surface area contributed by atoms with E-state index in [1.54, 1.807) is 0 Å². The number of hydrogen-bond donors (Lipinski definition) is 1. The van der Waals surface area contributed by atoms with Crippen molar-refractivity contribution < 1.29 is 9.53 Å². The molecule has 4 heteroatoms. The van der Waals surface area contributed by atoms with E-state index in [4.69, 9.17) is 4.74 Å². The van der Waals surface area contributed by atoms with E-state index in [1.807, 2.05) is 47.4 Å². The molecule has 2 aromatic carbocycles. The van der Waals surface area contributed by atoms with Gasteiger partial charge in [0.1, 0.15) is 11.4 Å². The summed E-state index contributed by atoms with van der Waals surface area (Å²) in [6.07, 6.45) is 1.87. The van der Waals surface area contributed by atoms with E-state index in [1.165, 1.54) is 0 Å². The first-order valence-electron chi connectivity index (χ1n) is 9.02. The van der Waals surface area contributed by atoms with Crippen molar-refractivity contribution in [3.8, 4) is 5.75 Å². The molecule has 1 unspecified atom stereocenters. The predicted octanol–water partition coefficient (Wildman–Crippen LogP) is 4.63. The maximum Gasteiger partial charge on any atom is 0.258 e. The van der Waals surface area contributed by atoms with Gasteiger partial charge in [-0.1, -0.05) is 38.1 Å². The van der Waals surface area contributed by atoms with Crippen LogP contribution in [0.25, 0.3) is 0 Å². The van der Waals surface area contributed by atoms with E-state index in [9.17, 15) is 4.79 Å². The number of hydrogen-bond acceptors (Lipinski definition) is 3. The lowest BCUT2D eigenvalue weighted by Crippen LogP contribution is -2.56. The van der Waals surface area contributed by atoms with Crippen molar-refractivity contribution in [3.05, 3.63) is 59.7 Å². The van der Waals surface area contributed by atoms with Crippen LogP contribution in [-0.4, -0.2) is 24.0 Å². The van der Waals surface area contributed by atoms with Crippen molar-refractivity contribution in [2.75, 3.05) is 18.5 Å². The Labute approximate surface area is 149 Å². The summed E-state index contributed by atoms with van der Waals surface area (Å²) in [5.41, 5.74) is 2.03. The fourth-order valence-electron chi connectivity index (χ4n) is 3.34. The minimum Gasteiger partial charge on any atom is -0.494 e. The number of anilines is 1. The van der Waals surface area contributed by atoms with Crippen LogP contribution in [0.4, 0.5) is 5.69 Å². The molecule has 0 spiro atoms. The number of nitrogens with zero attached hydrogens (tertiary/aromatic N) is 1. The fourth-order valence-corrected chi connectivity index (χ4v) is 3.34. The molecular formula is C21H26N2O2. The van der Waals surface area contributed by atoms with Gasteiger partial charge < -0.3 is 15.0 Å². The monoisotopic (exact) mass is 338 g/mol. The van der Waals surface area contributed by atoms with Gasteiger partial charge in [-0.2, -0.15) is 0 Å². The van der Waals surface area contributed by atoms with Gasteiger partial charge in [0.25, 0.3) is 5.91 Å². The summed E-state index contributed by atoms with van der Waals surface area (Å²) in [5.74, 6) is 0.906. The highest BCUT2D eigenvalue weighted by atomic mass is 16.5. The van der Waals surface area contributed by atoms with E-state index in [2.05, 4.69) is 32.2 Å². The summed E-state index contributed by atoms with van der Waals surface area (Å²) in [5, 5.41) is 3.59. The third-order valence-electron chi connectivity index (χ3n) is 4.64. The van der Waals surface area contributed by atoms with Gasteiger partial charge in [0.2, 0.25) is 0 Å². The number of carbonyl (C=O) groups excluding carboxylic acids is 1. The highest BCUT2D eigenvalue weighted by Gasteiger charge is 2.42. The molecule has 0 aliphatic carbocycles. The van der Waals surface area contributed by atoms with Gasteiger partial charge in [-0.25, -0.2) is 0 Å². The normalized spacial score (nSPS) is 19.3.